The van der Waals surface area contributed by atoms with Crippen LogP contribution in [0.5, 0.6) is 0 Å². The van der Waals surface area contributed by atoms with Crippen LogP contribution in [-0.4, -0.2) is 32.5 Å². The molecule has 0 bridgehead atoms. The molecule has 3 aromatic rings. The van der Waals surface area contributed by atoms with Gasteiger partial charge in [-0.3, -0.25) is 14.4 Å². The Morgan fingerprint density at radius 2 is 1.85 bits per heavy atom. The molecule has 0 radical (unpaired) electrons. The average molecular weight is 470 g/mol. The van der Waals surface area contributed by atoms with Crippen molar-refractivity contribution in [2.45, 2.75) is 45.8 Å². The van der Waals surface area contributed by atoms with Crippen LogP contribution < -0.4 is 16.8 Å². The number of aryl methyl sites for hydroxylation is 1. The maximum Gasteiger partial charge on any atom is 0.270 e. The Hall–Kier alpha value is -3.66. The Kier molecular flexibility index (Phi) is 6.87. The van der Waals surface area contributed by atoms with E-state index in [9.17, 15) is 14.4 Å². The highest BCUT2D eigenvalue weighted by Gasteiger charge is 2.36. The van der Waals surface area contributed by atoms with Gasteiger partial charge in [0.15, 0.2) is 5.69 Å². The highest BCUT2D eigenvalue weighted by molar-refractivity contribution is 7.09. The van der Waals surface area contributed by atoms with E-state index in [2.05, 4.69) is 9.69 Å². The zero-order valence-corrected chi connectivity index (χ0v) is 19.7. The topological polar surface area (TPSA) is 145 Å². The number of aromatic nitrogens is 1. The molecule has 3 rings (SSSR count). The number of hydrogen-bond acceptors (Lipinski definition) is 7. The summed E-state index contributed by atoms with van der Waals surface area (Å²) < 4.78 is 9.40. The Labute approximate surface area is 195 Å². The zero-order chi connectivity index (χ0) is 24.3. The first-order valence-electron chi connectivity index (χ1n) is 10.2. The molecular formula is C23H27N5O4S. The first-order chi connectivity index (χ1) is 15.5. The van der Waals surface area contributed by atoms with Crippen molar-refractivity contribution in [3.05, 3.63) is 70.1 Å². The van der Waals surface area contributed by atoms with Gasteiger partial charge in [-0.15, -0.1) is 0 Å². The van der Waals surface area contributed by atoms with Crippen molar-refractivity contribution in [3.63, 3.8) is 0 Å². The number of carbonyl (C=O) groups is 3. The third-order valence-corrected chi connectivity index (χ3v) is 5.63. The number of nitrogens with zero attached hydrogens (tertiary/aromatic N) is 2. The van der Waals surface area contributed by atoms with Crippen LogP contribution in [-0.2, 0) is 11.3 Å². The van der Waals surface area contributed by atoms with E-state index >= 15 is 0 Å². The van der Waals surface area contributed by atoms with Crippen LogP contribution in [0.1, 0.15) is 63.9 Å². The molecule has 33 heavy (non-hydrogen) atoms. The number of nitrogens with two attached hydrogens (primary N) is 2. The number of primary amides is 1. The number of amides is 3. The number of nitrogen functional groups attached to an aromatic ring is 1. The van der Waals surface area contributed by atoms with Crippen LogP contribution >= 0.6 is 11.5 Å². The van der Waals surface area contributed by atoms with Gasteiger partial charge in [0.25, 0.3) is 11.8 Å². The molecule has 1 aromatic carbocycles. The molecule has 3 amide bonds. The SMILES string of the molecule is Cc1ccc(C(C(=O)NC(C)(C)C)N(Cc2ccco2)C(=O)c2snc(C(N)=O)c2N)cc1. The van der Waals surface area contributed by atoms with Gasteiger partial charge in [0.1, 0.15) is 16.7 Å². The van der Waals surface area contributed by atoms with E-state index in [1.54, 1.807) is 24.3 Å². The standard InChI is InChI=1S/C23H27N5O4S/c1-13-7-9-14(10-8-13)18(21(30)26-23(2,3)4)28(12-15-6-5-11-32-15)22(31)19-16(24)17(20(25)29)27-33-19/h5-11,18H,12,24H2,1-4H3,(H2,25,29)(H,26,30). The number of nitrogens with one attached hydrogen (secondary N) is 1. The van der Waals surface area contributed by atoms with E-state index in [0.717, 1.165) is 17.1 Å². The fourth-order valence-corrected chi connectivity index (χ4v) is 4.03. The fourth-order valence-electron chi connectivity index (χ4n) is 3.27. The van der Waals surface area contributed by atoms with Gasteiger partial charge in [0.2, 0.25) is 5.91 Å². The monoisotopic (exact) mass is 469 g/mol. The van der Waals surface area contributed by atoms with Crippen LogP contribution in [0, 0.1) is 6.92 Å². The summed E-state index contributed by atoms with van der Waals surface area (Å²) in [5, 5.41) is 2.96. The summed E-state index contributed by atoms with van der Waals surface area (Å²) in [6.07, 6.45) is 1.49. The third kappa shape index (κ3) is 5.58. The lowest BCUT2D eigenvalue weighted by Crippen LogP contribution is -2.49. The Bertz CT molecular complexity index is 1150. The number of rotatable bonds is 7. The molecule has 0 saturated carbocycles. The number of anilines is 1. The highest BCUT2D eigenvalue weighted by atomic mass is 32.1. The predicted octanol–water partition coefficient (Wildman–Crippen LogP) is 3.02. The summed E-state index contributed by atoms with van der Waals surface area (Å²) in [7, 11) is 0. The van der Waals surface area contributed by atoms with Crippen LogP contribution in [0.4, 0.5) is 5.69 Å². The second kappa shape index (κ2) is 9.45. The van der Waals surface area contributed by atoms with Crippen LogP contribution in [0.15, 0.2) is 47.1 Å². The Morgan fingerprint density at radius 3 is 2.36 bits per heavy atom. The van der Waals surface area contributed by atoms with Crippen molar-refractivity contribution < 1.29 is 18.8 Å². The van der Waals surface area contributed by atoms with Crippen molar-refractivity contribution in [2.75, 3.05) is 5.73 Å². The van der Waals surface area contributed by atoms with E-state index < -0.39 is 23.4 Å². The quantitative estimate of drug-likeness (QED) is 0.485. The van der Waals surface area contributed by atoms with Gasteiger partial charge in [-0.2, -0.15) is 4.37 Å². The molecule has 0 aliphatic heterocycles. The van der Waals surface area contributed by atoms with E-state index in [1.807, 2.05) is 39.8 Å². The number of hydrogen-bond donors (Lipinski definition) is 3. The molecule has 174 valence electrons. The zero-order valence-electron chi connectivity index (χ0n) is 18.9. The minimum atomic E-state index is -0.999. The Balaban J connectivity index is 2.13. The van der Waals surface area contributed by atoms with E-state index in [-0.39, 0.29) is 28.7 Å². The molecule has 1 atom stereocenters. The molecule has 0 aliphatic rings. The van der Waals surface area contributed by atoms with E-state index in [0.29, 0.717) is 11.3 Å². The molecular weight excluding hydrogens is 442 g/mol. The summed E-state index contributed by atoms with van der Waals surface area (Å²) in [5.74, 6) is -1.30. The van der Waals surface area contributed by atoms with Crippen molar-refractivity contribution in [2.24, 2.45) is 5.73 Å². The van der Waals surface area contributed by atoms with E-state index in [1.165, 1.54) is 11.2 Å². The van der Waals surface area contributed by atoms with Crippen molar-refractivity contribution in [1.29, 1.82) is 0 Å². The predicted molar refractivity (Wildman–Crippen MR) is 125 cm³/mol. The van der Waals surface area contributed by atoms with Gasteiger partial charge in [0, 0.05) is 5.54 Å². The van der Waals surface area contributed by atoms with Gasteiger partial charge < -0.3 is 26.1 Å². The van der Waals surface area contributed by atoms with Crippen LogP contribution in [0.25, 0.3) is 0 Å². The molecule has 2 aromatic heterocycles. The van der Waals surface area contributed by atoms with Gasteiger partial charge in [0.05, 0.1) is 18.5 Å². The molecule has 0 spiro atoms. The first-order valence-corrected chi connectivity index (χ1v) is 11.0. The second-order valence-electron chi connectivity index (χ2n) is 8.70. The first kappa shape index (κ1) is 24.0. The average Bonchev–Trinajstić information content (AvgIpc) is 3.36. The second-order valence-corrected chi connectivity index (χ2v) is 9.48. The van der Waals surface area contributed by atoms with Gasteiger partial charge in [-0.25, -0.2) is 0 Å². The molecule has 0 fully saturated rings. The lowest BCUT2D eigenvalue weighted by atomic mass is 10.00. The largest absolute Gasteiger partial charge is 0.467 e. The number of furan rings is 1. The molecule has 0 aliphatic carbocycles. The normalized spacial score (nSPS) is 12.2. The maximum absolute atomic E-state index is 13.7. The molecule has 0 saturated heterocycles. The third-order valence-electron chi connectivity index (χ3n) is 4.77. The lowest BCUT2D eigenvalue weighted by Gasteiger charge is -2.33. The number of carbonyl (C=O) groups excluding carboxylic acids is 3. The summed E-state index contributed by atoms with van der Waals surface area (Å²) >= 11 is 0.764. The smallest absolute Gasteiger partial charge is 0.270 e. The molecule has 9 nitrogen and oxygen atoms in total. The fraction of sp³-hybridized carbons (Fsp3) is 0.304. The van der Waals surface area contributed by atoms with Gasteiger partial charge in [-0.05, 0) is 56.9 Å². The minimum Gasteiger partial charge on any atom is -0.467 e. The van der Waals surface area contributed by atoms with Gasteiger partial charge >= 0.3 is 0 Å². The maximum atomic E-state index is 13.7. The van der Waals surface area contributed by atoms with Crippen LogP contribution in [0.3, 0.4) is 0 Å². The molecule has 1 unspecified atom stereocenters. The number of benzene rings is 1. The summed E-state index contributed by atoms with van der Waals surface area (Å²) in [6.45, 7) is 7.50. The van der Waals surface area contributed by atoms with Crippen molar-refractivity contribution >= 4 is 34.9 Å². The highest BCUT2D eigenvalue weighted by Crippen LogP contribution is 2.31. The summed E-state index contributed by atoms with van der Waals surface area (Å²) in [4.78, 5) is 40.2. The van der Waals surface area contributed by atoms with Crippen molar-refractivity contribution in [3.8, 4) is 0 Å². The van der Waals surface area contributed by atoms with Gasteiger partial charge in [-0.1, -0.05) is 29.8 Å². The summed E-state index contributed by atoms with van der Waals surface area (Å²) in [6, 6.07) is 9.74. The van der Waals surface area contributed by atoms with Crippen molar-refractivity contribution in [1.82, 2.24) is 14.6 Å². The molecule has 5 N–H and O–H groups in total. The van der Waals surface area contributed by atoms with E-state index in [4.69, 9.17) is 15.9 Å². The molecule has 10 heteroatoms. The minimum absolute atomic E-state index is 0.00875. The lowest BCUT2D eigenvalue weighted by molar-refractivity contribution is -0.127. The van der Waals surface area contributed by atoms with Crippen LogP contribution in [0.2, 0.25) is 0 Å². The molecule has 2 heterocycles. The summed E-state index contributed by atoms with van der Waals surface area (Å²) in [5.41, 5.74) is 12.1. The Morgan fingerprint density at radius 1 is 1.18 bits per heavy atom.